The van der Waals surface area contributed by atoms with Gasteiger partial charge in [0, 0.05) is 7.11 Å². The van der Waals surface area contributed by atoms with Crippen LogP contribution >= 0.6 is 0 Å². The number of furan rings is 1. The first-order chi connectivity index (χ1) is 8.13. The zero-order valence-corrected chi connectivity index (χ0v) is 10.9. The zero-order chi connectivity index (χ0) is 12.7. The minimum absolute atomic E-state index is 0.233. The van der Waals surface area contributed by atoms with Gasteiger partial charge >= 0.3 is 0 Å². The number of ether oxygens (including phenoxy) is 1. The van der Waals surface area contributed by atoms with Crippen molar-refractivity contribution >= 4 is 0 Å². The molecule has 1 aromatic rings. The second-order valence-electron chi connectivity index (χ2n) is 4.58. The number of rotatable bonds is 8. The summed E-state index contributed by atoms with van der Waals surface area (Å²) in [6.07, 6.45) is 0.534. The SMILES string of the molecule is COCc1ccc(CNCCC(O)C(C)C)o1. The highest BCUT2D eigenvalue weighted by Gasteiger charge is 2.08. The highest BCUT2D eigenvalue weighted by atomic mass is 16.5. The highest BCUT2D eigenvalue weighted by molar-refractivity contribution is 5.06. The Morgan fingerprint density at radius 3 is 2.71 bits per heavy atom. The predicted molar refractivity (Wildman–Crippen MR) is 66.6 cm³/mol. The summed E-state index contributed by atoms with van der Waals surface area (Å²) in [6.45, 7) is 6.03. The molecule has 0 fully saturated rings. The van der Waals surface area contributed by atoms with Crippen LogP contribution in [0.15, 0.2) is 16.5 Å². The smallest absolute Gasteiger partial charge is 0.129 e. The van der Waals surface area contributed by atoms with Crippen LogP contribution in [0.4, 0.5) is 0 Å². The first kappa shape index (κ1) is 14.2. The van der Waals surface area contributed by atoms with Gasteiger partial charge in [0.05, 0.1) is 12.6 Å². The van der Waals surface area contributed by atoms with Gasteiger partial charge in [-0.05, 0) is 31.0 Å². The maximum absolute atomic E-state index is 9.62. The third-order valence-electron chi connectivity index (χ3n) is 2.69. The molecule has 0 aromatic carbocycles. The fourth-order valence-electron chi connectivity index (χ4n) is 1.53. The monoisotopic (exact) mass is 241 g/mol. The van der Waals surface area contributed by atoms with Crippen LogP contribution in [-0.2, 0) is 17.9 Å². The molecule has 0 aliphatic carbocycles. The van der Waals surface area contributed by atoms with E-state index in [-0.39, 0.29) is 6.10 Å². The molecule has 0 aliphatic rings. The molecule has 4 heteroatoms. The molecule has 4 nitrogen and oxygen atoms in total. The van der Waals surface area contributed by atoms with E-state index in [4.69, 9.17) is 9.15 Å². The first-order valence-electron chi connectivity index (χ1n) is 6.08. The maximum atomic E-state index is 9.62. The molecule has 0 radical (unpaired) electrons. The Hall–Kier alpha value is -0.840. The average Bonchev–Trinajstić information content (AvgIpc) is 2.72. The fourth-order valence-corrected chi connectivity index (χ4v) is 1.53. The van der Waals surface area contributed by atoms with Gasteiger partial charge in [0.2, 0.25) is 0 Å². The van der Waals surface area contributed by atoms with E-state index in [0.29, 0.717) is 19.1 Å². The van der Waals surface area contributed by atoms with Crippen LogP contribution in [0.25, 0.3) is 0 Å². The molecule has 1 atom stereocenters. The van der Waals surface area contributed by atoms with Gasteiger partial charge in [-0.15, -0.1) is 0 Å². The molecule has 2 N–H and O–H groups in total. The zero-order valence-electron chi connectivity index (χ0n) is 10.9. The van der Waals surface area contributed by atoms with E-state index in [2.05, 4.69) is 5.32 Å². The van der Waals surface area contributed by atoms with Gasteiger partial charge in [0.15, 0.2) is 0 Å². The van der Waals surface area contributed by atoms with E-state index in [9.17, 15) is 5.11 Å². The van der Waals surface area contributed by atoms with Crippen molar-refractivity contribution < 1.29 is 14.3 Å². The number of aliphatic hydroxyl groups excluding tert-OH is 1. The van der Waals surface area contributed by atoms with E-state index < -0.39 is 0 Å². The van der Waals surface area contributed by atoms with E-state index in [0.717, 1.165) is 24.5 Å². The van der Waals surface area contributed by atoms with E-state index >= 15 is 0 Å². The minimum atomic E-state index is -0.233. The van der Waals surface area contributed by atoms with Crippen molar-refractivity contribution in [2.45, 2.75) is 39.5 Å². The van der Waals surface area contributed by atoms with Crippen LogP contribution in [0.2, 0.25) is 0 Å². The van der Waals surface area contributed by atoms with Gasteiger partial charge < -0.3 is 19.6 Å². The largest absolute Gasteiger partial charge is 0.462 e. The number of nitrogens with one attached hydrogen (secondary N) is 1. The summed E-state index contributed by atoms with van der Waals surface area (Å²) in [7, 11) is 1.65. The van der Waals surface area contributed by atoms with Gasteiger partial charge in [0.25, 0.3) is 0 Å². The molecular weight excluding hydrogens is 218 g/mol. The summed E-state index contributed by atoms with van der Waals surface area (Å²) in [5.74, 6) is 2.05. The minimum Gasteiger partial charge on any atom is -0.462 e. The lowest BCUT2D eigenvalue weighted by molar-refractivity contribution is 0.116. The lowest BCUT2D eigenvalue weighted by Crippen LogP contribution is -2.23. The fraction of sp³-hybridized carbons (Fsp3) is 0.692. The van der Waals surface area contributed by atoms with Crippen molar-refractivity contribution in [3.63, 3.8) is 0 Å². The molecular formula is C13H23NO3. The molecule has 0 bridgehead atoms. The Labute approximate surface area is 103 Å². The topological polar surface area (TPSA) is 54.6 Å². The Morgan fingerprint density at radius 1 is 1.35 bits per heavy atom. The first-order valence-corrected chi connectivity index (χ1v) is 6.08. The predicted octanol–water partition coefficient (Wildman–Crippen LogP) is 1.92. The van der Waals surface area contributed by atoms with Gasteiger partial charge in [-0.25, -0.2) is 0 Å². The van der Waals surface area contributed by atoms with Crippen molar-refractivity contribution in [3.05, 3.63) is 23.7 Å². The van der Waals surface area contributed by atoms with Gasteiger partial charge in [0.1, 0.15) is 18.1 Å². The number of methoxy groups -OCH3 is 1. The van der Waals surface area contributed by atoms with Crippen LogP contribution in [-0.4, -0.2) is 24.9 Å². The normalized spacial score (nSPS) is 13.2. The summed E-state index contributed by atoms with van der Waals surface area (Å²) >= 11 is 0. The molecule has 0 saturated heterocycles. The van der Waals surface area contributed by atoms with E-state index in [1.54, 1.807) is 7.11 Å². The molecule has 1 aromatic heterocycles. The van der Waals surface area contributed by atoms with Crippen LogP contribution in [0, 0.1) is 5.92 Å². The Morgan fingerprint density at radius 2 is 2.06 bits per heavy atom. The number of hydrogen-bond donors (Lipinski definition) is 2. The van der Waals surface area contributed by atoms with Crippen molar-refractivity contribution in [1.29, 1.82) is 0 Å². The Balaban J connectivity index is 2.17. The molecule has 0 spiro atoms. The van der Waals surface area contributed by atoms with Crippen molar-refractivity contribution in [3.8, 4) is 0 Å². The lowest BCUT2D eigenvalue weighted by atomic mass is 10.0. The summed E-state index contributed by atoms with van der Waals surface area (Å²) in [5, 5.41) is 12.9. The summed E-state index contributed by atoms with van der Waals surface area (Å²) in [4.78, 5) is 0. The van der Waals surface area contributed by atoms with E-state index in [1.807, 2.05) is 26.0 Å². The molecule has 1 rings (SSSR count). The van der Waals surface area contributed by atoms with Gasteiger partial charge in [-0.1, -0.05) is 13.8 Å². The standard InChI is InChI=1S/C13H23NO3/c1-10(2)13(15)6-7-14-8-11-4-5-12(17-11)9-16-3/h4-5,10,13-15H,6-9H2,1-3H3. The molecule has 1 heterocycles. The second-order valence-corrected chi connectivity index (χ2v) is 4.58. The lowest BCUT2D eigenvalue weighted by Gasteiger charge is -2.13. The summed E-state index contributed by atoms with van der Waals surface area (Å²) in [5.41, 5.74) is 0. The van der Waals surface area contributed by atoms with Crippen molar-refractivity contribution in [1.82, 2.24) is 5.32 Å². The molecule has 1 unspecified atom stereocenters. The van der Waals surface area contributed by atoms with Crippen LogP contribution in [0.1, 0.15) is 31.8 Å². The van der Waals surface area contributed by atoms with Crippen molar-refractivity contribution in [2.24, 2.45) is 5.92 Å². The van der Waals surface area contributed by atoms with E-state index in [1.165, 1.54) is 0 Å². The Bertz CT molecular complexity index is 309. The average molecular weight is 241 g/mol. The van der Waals surface area contributed by atoms with Crippen LogP contribution < -0.4 is 5.32 Å². The number of aliphatic hydroxyl groups is 1. The van der Waals surface area contributed by atoms with Crippen molar-refractivity contribution in [2.75, 3.05) is 13.7 Å². The molecule has 0 amide bonds. The summed E-state index contributed by atoms with van der Waals surface area (Å²) in [6, 6.07) is 3.86. The second kappa shape index (κ2) is 7.48. The third-order valence-corrected chi connectivity index (χ3v) is 2.69. The maximum Gasteiger partial charge on any atom is 0.129 e. The molecule has 98 valence electrons. The quantitative estimate of drug-likeness (QED) is 0.683. The Kier molecular flexibility index (Phi) is 6.26. The van der Waals surface area contributed by atoms with Gasteiger partial charge in [-0.2, -0.15) is 0 Å². The molecule has 0 saturated carbocycles. The van der Waals surface area contributed by atoms with Gasteiger partial charge in [-0.3, -0.25) is 0 Å². The third kappa shape index (κ3) is 5.35. The molecule has 17 heavy (non-hydrogen) atoms. The van der Waals surface area contributed by atoms with Crippen LogP contribution in [0.3, 0.4) is 0 Å². The highest BCUT2D eigenvalue weighted by Crippen LogP contribution is 2.09. The summed E-state index contributed by atoms with van der Waals surface area (Å²) < 4.78 is 10.5. The number of hydrogen-bond acceptors (Lipinski definition) is 4. The van der Waals surface area contributed by atoms with Crippen LogP contribution in [0.5, 0.6) is 0 Å². The molecule has 0 aliphatic heterocycles.